The van der Waals surface area contributed by atoms with Crippen LogP contribution in [0.25, 0.3) is 27.8 Å². The van der Waals surface area contributed by atoms with Crippen molar-refractivity contribution in [2.24, 2.45) is 0 Å². The van der Waals surface area contributed by atoms with Gasteiger partial charge in [-0.15, -0.1) is 0 Å². The van der Waals surface area contributed by atoms with Crippen molar-refractivity contribution >= 4 is 10.9 Å². The van der Waals surface area contributed by atoms with E-state index in [2.05, 4.69) is 10.1 Å². The molecule has 0 atom stereocenters. The molecule has 3 nitrogen and oxygen atoms in total. The Morgan fingerprint density at radius 3 is 2.48 bits per heavy atom. The van der Waals surface area contributed by atoms with E-state index in [0.717, 1.165) is 22.0 Å². The van der Waals surface area contributed by atoms with Crippen LogP contribution in [0.3, 0.4) is 0 Å². The van der Waals surface area contributed by atoms with Crippen molar-refractivity contribution in [3.05, 3.63) is 78.4 Å². The second-order valence-electron chi connectivity index (χ2n) is 5.49. The van der Waals surface area contributed by atoms with Crippen LogP contribution in [-0.4, -0.2) is 14.8 Å². The monoisotopic (exact) mass is 303 g/mol. The standard InChI is InChI=1S/C19H14FN3/c1-13-9-18-16(10-17(13)20)12-22-23(18)19-8-7-15(11-21-19)14-5-3-2-4-6-14/h2-12H,1H3. The average molecular weight is 303 g/mol. The molecule has 112 valence electrons. The van der Waals surface area contributed by atoms with Crippen molar-refractivity contribution in [1.82, 2.24) is 14.8 Å². The van der Waals surface area contributed by atoms with Gasteiger partial charge in [0.05, 0.1) is 11.7 Å². The minimum absolute atomic E-state index is 0.218. The van der Waals surface area contributed by atoms with Gasteiger partial charge in [0.25, 0.3) is 0 Å². The van der Waals surface area contributed by atoms with E-state index in [1.54, 1.807) is 23.9 Å². The molecule has 4 rings (SSSR count). The maximum atomic E-state index is 13.6. The zero-order valence-corrected chi connectivity index (χ0v) is 12.6. The highest BCUT2D eigenvalue weighted by molar-refractivity contribution is 5.81. The van der Waals surface area contributed by atoms with Crippen LogP contribution >= 0.6 is 0 Å². The minimum atomic E-state index is -0.218. The summed E-state index contributed by atoms with van der Waals surface area (Å²) in [6.07, 6.45) is 3.49. The molecule has 0 aliphatic heterocycles. The smallest absolute Gasteiger partial charge is 0.154 e. The summed E-state index contributed by atoms with van der Waals surface area (Å²) in [4.78, 5) is 4.51. The van der Waals surface area contributed by atoms with E-state index in [1.807, 2.05) is 48.7 Å². The summed E-state index contributed by atoms with van der Waals surface area (Å²) in [6.45, 7) is 1.75. The molecule has 0 spiro atoms. The van der Waals surface area contributed by atoms with Gasteiger partial charge in [-0.2, -0.15) is 5.10 Å². The molecule has 0 radical (unpaired) electrons. The highest BCUT2D eigenvalue weighted by atomic mass is 19.1. The first-order valence-electron chi connectivity index (χ1n) is 7.38. The first-order valence-corrected chi connectivity index (χ1v) is 7.38. The largest absolute Gasteiger partial charge is 0.236 e. The van der Waals surface area contributed by atoms with Crippen LogP contribution in [0.4, 0.5) is 4.39 Å². The third-order valence-electron chi connectivity index (χ3n) is 3.92. The van der Waals surface area contributed by atoms with Crippen molar-refractivity contribution in [1.29, 1.82) is 0 Å². The number of nitrogens with zero attached hydrogens (tertiary/aromatic N) is 3. The lowest BCUT2D eigenvalue weighted by Gasteiger charge is -2.06. The first-order chi connectivity index (χ1) is 11.2. The molecule has 23 heavy (non-hydrogen) atoms. The Morgan fingerprint density at radius 1 is 0.913 bits per heavy atom. The van der Waals surface area contributed by atoms with Gasteiger partial charge in [-0.3, -0.25) is 0 Å². The van der Waals surface area contributed by atoms with Crippen LogP contribution in [0.1, 0.15) is 5.56 Å². The Labute approximate surface area is 133 Å². The molecule has 0 amide bonds. The maximum Gasteiger partial charge on any atom is 0.154 e. The van der Waals surface area contributed by atoms with Crippen LogP contribution in [0, 0.1) is 12.7 Å². The fourth-order valence-corrected chi connectivity index (χ4v) is 2.65. The molecule has 0 aliphatic rings. The van der Waals surface area contributed by atoms with Gasteiger partial charge in [-0.1, -0.05) is 30.3 Å². The van der Waals surface area contributed by atoms with Crippen molar-refractivity contribution in [3.8, 4) is 16.9 Å². The van der Waals surface area contributed by atoms with Gasteiger partial charge in [0.1, 0.15) is 5.82 Å². The highest BCUT2D eigenvalue weighted by Gasteiger charge is 2.09. The summed E-state index contributed by atoms with van der Waals surface area (Å²) < 4.78 is 15.4. The Hall–Kier alpha value is -3.01. The van der Waals surface area contributed by atoms with E-state index >= 15 is 0 Å². The zero-order chi connectivity index (χ0) is 15.8. The van der Waals surface area contributed by atoms with Crippen LogP contribution in [-0.2, 0) is 0 Å². The van der Waals surface area contributed by atoms with Gasteiger partial charge in [0, 0.05) is 17.1 Å². The van der Waals surface area contributed by atoms with Gasteiger partial charge < -0.3 is 0 Å². The summed E-state index contributed by atoms with van der Waals surface area (Å²) in [7, 11) is 0. The number of aryl methyl sites for hydroxylation is 1. The van der Waals surface area contributed by atoms with E-state index in [4.69, 9.17) is 0 Å². The van der Waals surface area contributed by atoms with Gasteiger partial charge in [0.15, 0.2) is 5.82 Å². The van der Waals surface area contributed by atoms with E-state index in [0.29, 0.717) is 11.4 Å². The lowest BCUT2D eigenvalue weighted by atomic mass is 10.1. The molecule has 0 saturated carbocycles. The van der Waals surface area contributed by atoms with Crippen molar-refractivity contribution < 1.29 is 4.39 Å². The molecule has 0 unspecified atom stereocenters. The second-order valence-corrected chi connectivity index (χ2v) is 5.49. The first kappa shape index (κ1) is 13.6. The Kier molecular flexibility index (Phi) is 3.15. The topological polar surface area (TPSA) is 30.7 Å². The number of pyridine rings is 1. The number of benzene rings is 2. The summed E-state index contributed by atoms with van der Waals surface area (Å²) in [5.41, 5.74) is 3.62. The van der Waals surface area contributed by atoms with E-state index in [1.165, 1.54) is 6.07 Å². The highest BCUT2D eigenvalue weighted by Crippen LogP contribution is 2.23. The van der Waals surface area contributed by atoms with Crippen LogP contribution in [0.2, 0.25) is 0 Å². The summed E-state index contributed by atoms with van der Waals surface area (Å²) in [6, 6.07) is 17.3. The van der Waals surface area contributed by atoms with Gasteiger partial charge in [0.2, 0.25) is 0 Å². The molecule has 2 aromatic heterocycles. The average Bonchev–Trinajstić information content (AvgIpc) is 2.99. The molecule has 0 bridgehead atoms. The Bertz CT molecular complexity index is 973. The number of aromatic nitrogens is 3. The molecule has 0 aliphatic carbocycles. The van der Waals surface area contributed by atoms with Gasteiger partial charge in [-0.25, -0.2) is 14.1 Å². The summed E-state index contributed by atoms with van der Waals surface area (Å²) >= 11 is 0. The third-order valence-corrected chi connectivity index (χ3v) is 3.92. The molecule has 0 fully saturated rings. The third kappa shape index (κ3) is 2.38. The minimum Gasteiger partial charge on any atom is -0.236 e. The fourth-order valence-electron chi connectivity index (χ4n) is 2.65. The molecular formula is C19H14FN3. The number of hydrogen-bond acceptors (Lipinski definition) is 2. The number of hydrogen-bond donors (Lipinski definition) is 0. The normalized spacial score (nSPS) is 11.0. The molecule has 4 aromatic rings. The van der Waals surface area contributed by atoms with Crippen molar-refractivity contribution in [3.63, 3.8) is 0 Å². The fraction of sp³-hybridized carbons (Fsp3) is 0.0526. The molecular weight excluding hydrogens is 289 g/mol. The van der Waals surface area contributed by atoms with E-state index in [9.17, 15) is 4.39 Å². The molecule has 2 heterocycles. The van der Waals surface area contributed by atoms with E-state index in [-0.39, 0.29) is 5.82 Å². The van der Waals surface area contributed by atoms with E-state index < -0.39 is 0 Å². The van der Waals surface area contributed by atoms with Crippen LogP contribution < -0.4 is 0 Å². The molecule has 2 aromatic carbocycles. The van der Waals surface area contributed by atoms with Crippen molar-refractivity contribution in [2.45, 2.75) is 6.92 Å². The maximum absolute atomic E-state index is 13.6. The number of halogens is 1. The quantitative estimate of drug-likeness (QED) is 0.544. The molecule has 0 saturated heterocycles. The van der Waals surface area contributed by atoms with Gasteiger partial charge in [-0.05, 0) is 42.3 Å². The predicted molar refractivity (Wildman–Crippen MR) is 89.0 cm³/mol. The van der Waals surface area contributed by atoms with Gasteiger partial charge >= 0.3 is 0 Å². The zero-order valence-electron chi connectivity index (χ0n) is 12.6. The number of fused-ring (bicyclic) bond motifs is 1. The summed E-state index contributed by atoms with van der Waals surface area (Å²) in [5, 5.41) is 5.10. The second kappa shape index (κ2) is 5.32. The predicted octanol–water partition coefficient (Wildman–Crippen LogP) is 4.54. The number of rotatable bonds is 2. The molecule has 4 heteroatoms. The lowest BCUT2D eigenvalue weighted by Crippen LogP contribution is -1.99. The lowest BCUT2D eigenvalue weighted by molar-refractivity contribution is 0.620. The summed E-state index contributed by atoms with van der Waals surface area (Å²) in [5.74, 6) is 0.495. The Balaban J connectivity index is 1.78. The Morgan fingerprint density at radius 2 is 1.74 bits per heavy atom. The van der Waals surface area contributed by atoms with Crippen LogP contribution in [0.15, 0.2) is 67.0 Å². The molecule has 0 N–H and O–H groups in total. The van der Waals surface area contributed by atoms with Crippen molar-refractivity contribution in [2.75, 3.05) is 0 Å². The van der Waals surface area contributed by atoms with Crippen LogP contribution in [0.5, 0.6) is 0 Å². The SMILES string of the molecule is Cc1cc2c(cnn2-c2ccc(-c3ccccc3)cn2)cc1F.